The molecule has 0 bridgehead atoms. The molecule has 6 heteroatoms. The molecule has 1 heterocycles. The van der Waals surface area contributed by atoms with Gasteiger partial charge in [-0.1, -0.05) is 5.11 Å². The lowest BCUT2D eigenvalue weighted by atomic mass is 10.3. The molecular weight excluding hydrogens is 204 g/mol. The highest BCUT2D eigenvalue weighted by Crippen LogP contribution is 2.01. The van der Waals surface area contributed by atoms with E-state index in [1.54, 1.807) is 0 Å². The van der Waals surface area contributed by atoms with Crippen LogP contribution in [-0.4, -0.2) is 81.2 Å². The van der Waals surface area contributed by atoms with Crippen molar-refractivity contribution < 1.29 is 0 Å². The number of azide groups is 1. The van der Waals surface area contributed by atoms with E-state index in [1.807, 2.05) is 0 Å². The molecule has 92 valence electrons. The normalized spacial score (nSPS) is 18.7. The Hall–Kier alpha value is -0.810. The molecule has 6 nitrogen and oxygen atoms in total. The maximum Gasteiger partial charge on any atom is 0.0385 e. The van der Waals surface area contributed by atoms with Crippen LogP contribution in [0.15, 0.2) is 5.11 Å². The van der Waals surface area contributed by atoms with Gasteiger partial charge in [-0.15, -0.1) is 0 Å². The molecule has 1 aliphatic rings. The molecule has 0 aromatic rings. The number of piperazine rings is 1. The lowest BCUT2D eigenvalue weighted by molar-refractivity contribution is 0.128. The lowest BCUT2D eigenvalue weighted by Crippen LogP contribution is -2.48. The molecule has 0 atom stereocenters. The molecular formula is C10H22N6. The van der Waals surface area contributed by atoms with Crippen LogP contribution in [0.2, 0.25) is 0 Å². The van der Waals surface area contributed by atoms with Gasteiger partial charge >= 0.3 is 0 Å². The van der Waals surface area contributed by atoms with Gasteiger partial charge in [0.1, 0.15) is 0 Å². The Morgan fingerprint density at radius 3 is 2.19 bits per heavy atom. The molecule has 0 saturated carbocycles. The molecule has 1 rings (SSSR count). The third kappa shape index (κ3) is 5.32. The Kier molecular flexibility index (Phi) is 6.18. The summed E-state index contributed by atoms with van der Waals surface area (Å²) in [5.41, 5.74) is 8.19. The quantitative estimate of drug-likeness (QED) is 0.376. The largest absolute Gasteiger partial charge is 0.308 e. The van der Waals surface area contributed by atoms with E-state index in [4.69, 9.17) is 5.53 Å². The fourth-order valence-electron chi connectivity index (χ4n) is 1.81. The van der Waals surface area contributed by atoms with Crippen molar-refractivity contribution in [3.63, 3.8) is 0 Å². The summed E-state index contributed by atoms with van der Waals surface area (Å²) in [4.78, 5) is 9.83. The van der Waals surface area contributed by atoms with Gasteiger partial charge in [0.05, 0.1) is 0 Å². The van der Waals surface area contributed by atoms with Gasteiger partial charge in [-0.3, -0.25) is 4.90 Å². The average Bonchev–Trinajstić information content (AvgIpc) is 2.28. The first kappa shape index (κ1) is 13.3. The van der Waals surface area contributed by atoms with E-state index in [0.717, 1.165) is 45.8 Å². The standard InChI is InChI=1S/C10H22N6/c1-14(2)5-6-16-9-7-15(8-10-16)4-3-12-13-11/h3-10H2,1-2H3. The fraction of sp³-hybridized carbons (Fsp3) is 1.00. The molecule has 1 aliphatic heterocycles. The van der Waals surface area contributed by atoms with Crippen LogP contribution in [-0.2, 0) is 0 Å². The van der Waals surface area contributed by atoms with Gasteiger partial charge in [0, 0.05) is 57.3 Å². The molecule has 1 saturated heterocycles. The minimum Gasteiger partial charge on any atom is -0.308 e. The van der Waals surface area contributed by atoms with Gasteiger partial charge < -0.3 is 9.80 Å². The summed E-state index contributed by atoms with van der Waals surface area (Å²) in [6.07, 6.45) is 0. The molecule has 0 unspecified atom stereocenters. The van der Waals surface area contributed by atoms with Gasteiger partial charge in [-0.25, -0.2) is 0 Å². The molecule has 0 radical (unpaired) electrons. The van der Waals surface area contributed by atoms with E-state index < -0.39 is 0 Å². The number of hydrogen-bond donors (Lipinski definition) is 0. The van der Waals surface area contributed by atoms with Crippen LogP contribution in [0.25, 0.3) is 10.4 Å². The van der Waals surface area contributed by atoms with Crippen LogP contribution in [0.1, 0.15) is 0 Å². The van der Waals surface area contributed by atoms with Crippen molar-refractivity contribution >= 4 is 0 Å². The van der Waals surface area contributed by atoms with E-state index in [-0.39, 0.29) is 0 Å². The Morgan fingerprint density at radius 2 is 1.69 bits per heavy atom. The topological polar surface area (TPSA) is 58.5 Å². The van der Waals surface area contributed by atoms with Gasteiger partial charge in [0.15, 0.2) is 0 Å². The van der Waals surface area contributed by atoms with Gasteiger partial charge in [0.25, 0.3) is 0 Å². The first-order valence-electron chi connectivity index (χ1n) is 5.82. The number of hydrogen-bond acceptors (Lipinski definition) is 4. The molecule has 16 heavy (non-hydrogen) atoms. The zero-order valence-electron chi connectivity index (χ0n) is 10.3. The third-order valence-electron chi connectivity index (χ3n) is 2.91. The Bertz CT molecular complexity index is 227. The van der Waals surface area contributed by atoms with E-state index in [0.29, 0.717) is 6.54 Å². The van der Waals surface area contributed by atoms with E-state index >= 15 is 0 Å². The highest BCUT2D eigenvalue weighted by molar-refractivity contribution is 4.72. The molecule has 0 aromatic heterocycles. The van der Waals surface area contributed by atoms with Crippen LogP contribution >= 0.6 is 0 Å². The second kappa shape index (κ2) is 7.46. The van der Waals surface area contributed by atoms with Crippen LogP contribution in [0.5, 0.6) is 0 Å². The smallest absolute Gasteiger partial charge is 0.0385 e. The van der Waals surface area contributed by atoms with Crippen molar-refractivity contribution in [2.24, 2.45) is 5.11 Å². The van der Waals surface area contributed by atoms with Crippen molar-refractivity contribution in [3.8, 4) is 0 Å². The summed E-state index contributed by atoms with van der Waals surface area (Å²) >= 11 is 0. The van der Waals surface area contributed by atoms with Crippen LogP contribution in [0.3, 0.4) is 0 Å². The monoisotopic (exact) mass is 226 g/mol. The summed E-state index contributed by atoms with van der Waals surface area (Å²) in [7, 11) is 4.21. The first-order chi connectivity index (χ1) is 7.72. The zero-order valence-corrected chi connectivity index (χ0v) is 10.3. The summed E-state index contributed by atoms with van der Waals surface area (Å²) in [5, 5.41) is 3.56. The predicted molar refractivity (Wildman–Crippen MR) is 65.4 cm³/mol. The number of rotatable bonds is 6. The van der Waals surface area contributed by atoms with Crippen molar-refractivity contribution in [2.45, 2.75) is 0 Å². The minimum absolute atomic E-state index is 0.591. The average molecular weight is 226 g/mol. The van der Waals surface area contributed by atoms with Crippen molar-refractivity contribution in [2.75, 3.05) is 66.5 Å². The van der Waals surface area contributed by atoms with Crippen molar-refractivity contribution in [1.82, 2.24) is 14.7 Å². The lowest BCUT2D eigenvalue weighted by Gasteiger charge is -2.34. The van der Waals surface area contributed by atoms with Crippen LogP contribution < -0.4 is 0 Å². The number of likely N-dealkylation sites (N-methyl/N-ethyl adjacent to an activating group) is 1. The predicted octanol–water partition coefficient (Wildman–Crippen LogP) is 0.476. The summed E-state index contributed by atoms with van der Waals surface area (Å²) in [5.74, 6) is 0. The Labute approximate surface area is 97.4 Å². The van der Waals surface area contributed by atoms with Crippen molar-refractivity contribution in [3.05, 3.63) is 10.4 Å². The summed E-state index contributed by atoms with van der Waals surface area (Å²) < 4.78 is 0. The van der Waals surface area contributed by atoms with Gasteiger partial charge in [0.2, 0.25) is 0 Å². The zero-order chi connectivity index (χ0) is 11.8. The first-order valence-corrected chi connectivity index (χ1v) is 5.82. The summed E-state index contributed by atoms with van der Waals surface area (Å²) in [6.45, 7) is 8.20. The van der Waals surface area contributed by atoms with E-state index in [2.05, 4.69) is 38.8 Å². The second-order valence-electron chi connectivity index (χ2n) is 4.44. The van der Waals surface area contributed by atoms with E-state index in [9.17, 15) is 0 Å². The third-order valence-corrected chi connectivity index (χ3v) is 2.91. The maximum atomic E-state index is 8.19. The second-order valence-corrected chi connectivity index (χ2v) is 4.44. The molecule has 0 spiro atoms. The van der Waals surface area contributed by atoms with Crippen molar-refractivity contribution in [1.29, 1.82) is 0 Å². The maximum absolute atomic E-state index is 8.19. The number of nitrogens with zero attached hydrogens (tertiary/aromatic N) is 6. The van der Waals surface area contributed by atoms with Crippen LogP contribution in [0, 0.1) is 0 Å². The highest BCUT2D eigenvalue weighted by atomic mass is 15.3. The fourth-order valence-corrected chi connectivity index (χ4v) is 1.81. The molecule has 0 amide bonds. The molecule has 0 aliphatic carbocycles. The SMILES string of the molecule is CN(C)CCN1CCN(CCN=[N+]=[N-])CC1. The summed E-state index contributed by atoms with van der Waals surface area (Å²) in [6, 6.07) is 0. The van der Waals surface area contributed by atoms with Gasteiger partial charge in [-0.2, -0.15) is 0 Å². The van der Waals surface area contributed by atoms with Gasteiger partial charge in [-0.05, 0) is 19.6 Å². The minimum atomic E-state index is 0.591. The molecule has 1 fully saturated rings. The Morgan fingerprint density at radius 1 is 1.12 bits per heavy atom. The van der Waals surface area contributed by atoms with E-state index in [1.165, 1.54) is 0 Å². The Balaban J connectivity index is 2.11. The molecule has 0 aromatic carbocycles. The van der Waals surface area contributed by atoms with Crippen LogP contribution in [0.4, 0.5) is 0 Å². The highest BCUT2D eigenvalue weighted by Gasteiger charge is 2.15. The molecule has 0 N–H and O–H groups in total.